The maximum atomic E-state index is 13.0. The van der Waals surface area contributed by atoms with Crippen LogP contribution in [-0.2, 0) is 16.0 Å². The van der Waals surface area contributed by atoms with Gasteiger partial charge in [0.1, 0.15) is 22.8 Å². The lowest BCUT2D eigenvalue weighted by Crippen LogP contribution is -2.67. The van der Waals surface area contributed by atoms with E-state index in [0.717, 1.165) is 5.56 Å². The first-order chi connectivity index (χ1) is 14.4. The highest BCUT2D eigenvalue weighted by atomic mass is 35.5. The van der Waals surface area contributed by atoms with Crippen LogP contribution in [0.25, 0.3) is 0 Å². The normalized spacial score (nSPS) is 33.9. The van der Waals surface area contributed by atoms with Crippen LogP contribution in [0.3, 0.4) is 0 Å². The molecule has 3 aliphatic rings. The number of nitrogens with two attached hydrogens (primary N) is 1. The quantitative estimate of drug-likeness (QED) is 0.341. The second-order valence-electron chi connectivity index (χ2n) is 8.85. The molecule has 3 aliphatic carbocycles. The number of hydrogen-bond acceptors (Lipinski definition) is 8. The molecule has 0 aliphatic heterocycles. The number of rotatable bonds is 2. The Kier molecular flexibility index (Phi) is 5.84. The van der Waals surface area contributed by atoms with E-state index in [1.165, 1.54) is 25.1 Å². The number of benzene rings is 1. The molecule has 6 atom stereocenters. The lowest BCUT2D eigenvalue weighted by Gasteiger charge is -2.54. The van der Waals surface area contributed by atoms with Crippen LogP contribution in [0.5, 0.6) is 5.75 Å². The number of fused-ring (bicyclic) bond motifs is 3. The van der Waals surface area contributed by atoms with Gasteiger partial charge in [0.05, 0.1) is 18.1 Å². The van der Waals surface area contributed by atoms with Crippen molar-refractivity contribution in [3.05, 3.63) is 52.0 Å². The van der Waals surface area contributed by atoms with Crippen LogP contribution in [0.2, 0.25) is 0 Å². The summed E-state index contributed by atoms with van der Waals surface area (Å²) >= 11 is 0. The number of nitrogens with zero attached hydrogens (tertiary/aromatic N) is 1. The first kappa shape index (κ1) is 24.1. The molecule has 1 aromatic rings. The number of primary amides is 1. The topological polar surface area (TPSA) is 165 Å². The van der Waals surface area contributed by atoms with E-state index >= 15 is 0 Å². The number of halogens is 1. The smallest absolute Gasteiger partial charge is 0.255 e. The number of likely N-dealkylation sites (N-methyl/N-ethyl adjacent to an activating group) is 1. The van der Waals surface area contributed by atoms with Gasteiger partial charge in [-0.25, -0.2) is 0 Å². The summed E-state index contributed by atoms with van der Waals surface area (Å²) in [6.07, 6.45) is -1.33. The molecule has 1 aromatic carbocycles. The van der Waals surface area contributed by atoms with Crippen molar-refractivity contribution in [1.82, 2.24) is 4.90 Å². The molecule has 6 unspecified atom stereocenters. The summed E-state index contributed by atoms with van der Waals surface area (Å²) in [7, 11) is 3.06. The molecule has 0 radical (unpaired) electrons. The van der Waals surface area contributed by atoms with E-state index in [0.29, 0.717) is 5.56 Å². The zero-order valence-corrected chi connectivity index (χ0v) is 18.6. The number of Topliss-reactive ketones (excluding diaryl/α,β-unsaturated/α-hetero) is 1. The molecule has 10 heteroatoms. The van der Waals surface area contributed by atoms with Gasteiger partial charge in [0.15, 0.2) is 11.4 Å². The van der Waals surface area contributed by atoms with Crippen molar-refractivity contribution in [1.29, 1.82) is 0 Å². The Balaban J connectivity index is 0.00000289. The number of aromatic hydroxyl groups is 1. The van der Waals surface area contributed by atoms with E-state index in [1.807, 2.05) is 13.0 Å². The predicted octanol–water partition coefficient (Wildman–Crippen LogP) is 0.434. The minimum absolute atomic E-state index is 0. The molecule has 0 saturated carbocycles. The Morgan fingerprint density at radius 1 is 1.19 bits per heavy atom. The van der Waals surface area contributed by atoms with Crippen molar-refractivity contribution in [2.24, 2.45) is 17.6 Å². The van der Waals surface area contributed by atoms with E-state index < -0.39 is 58.4 Å². The lowest BCUT2D eigenvalue weighted by atomic mass is 9.56. The van der Waals surface area contributed by atoms with E-state index in [9.17, 15) is 35.1 Å². The largest absolute Gasteiger partial charge is 0.509 e. The zero-order chi connectivity index (χ0) is 23.0. The van der Waals surface area contributed by atoms with E-state index in [1.54, 1.807) is 6.07 Å². The van der Waals surface area contributed by atoms with Gasteiger partial charge in [0.2, 0.25) is 0 Å². The van der Waals surface area contributed by atoms with Gasteiger partial charge >= 0.3 is 0 Å². The molecular formula is C22H27ClN2O7. The summed E-state index contributed by atoms with van der Waals surface area (Å²) < 4.78 is 0. The molecule has 0 bridgehead atoms. The van der Waals surface area contributed by atoms with Crippen LogP contribution in [0, 0.1) is 11.8 Å². The number of carbonyl (C=O) groups is 2. The molecule has 0 spiro atoms. The maximum Gasteiger partial charge on any atom is 0.255 e. The van der Waals surface area contributed by atoms with Gasteiger partial charge in [-0.3, -0.25) is 14.5 Å². The van der Waals surface area contributed by atoms with Crippen molar-refractivity contribution in [3.8, 4) is 5.75 Å². The average molecular weight is 467 g/mol. The van der Waals surface area contributed by atoms with E-state index in [4.69, 9.17) is 5.73 Å². The molecular weight excluding hydrogens is 440 g/mol. The number of phenolic OH excluding ortho intramolecular Hbond substituents is 1. The number of aliphatic hydroxyl groups excluding tert-OH is 3. The Hall–Kier alpha value is -2.59. The van der Waals surface area contributed by atoms with Gasteiger partial charge < -0.3 is 31.3 Å². The van der Waals surface area contributed by atoms with Crippen LogP contribution in [0.15, 0.2) is 40.9 Å². The SMILES string of the molecule is CC1c2cccc(O)c2CC2=C(O)C3(O)C(O)=C(C(N)=O)C(=O)C(N(C)C)C3C(O)C21.Cl. The van der Waals surface area contributed by atoms with Crippen LogP contribution < -0.4 is 5.73 Å². The summed E-state index contributed by atoms with van der Waals surface area (Å²) in [6.45, 7) is 1.82. The van der Waals surface area contributed by atoms with Crippen LogP contribution in [0.1, 0.15) is 24.0 Å². The summed E-state index contributed by atoms with van der Waals surface area (Å²) in [4.78, 5) is 26.4. The molecule has 0 fully saturated rings. The van der Waals surface area contributed by atoms with Crippen molar-refractivity contribution in [2.45, 2.75) is 37.0 Å². The monoisotopic (exact) mass is 466 g/mol. The van der Waals surface area contributed by atoms with E-state index in [2.05, 4.69) is 0 Å². The summed E-state index contributed by atoms with van der Waals surface area (Å²) in [5, 5.41) is 55.4. The fourth-order valence-corrected chi connectivity index (χ4v) is 5.73. The minimum atomic E-state index is -2.58. The van der Waals surface area contributed by atoms with Crippen LogP contribution in [0.4, 0.5) is 0 Å². The fraction of sp³-hybridized carbons (Fsp3) is 0.455. The Morgan fingerprint density at radius 2 is 1.81 bits per heavy atom. The number of amides is 1. The van der Waals surface area contributed by atoms with Gasteiger partial charge in [-0.15, -0.1) is 12.4 Å². The molecule has 174 valence electrons. The van der Waals surface area contributed by atoms with E-state index in [-0.39, 0.29) is 36.1 Å². The Bertz CT molecular complexity index is 1070. The third-order valence-corrected chi connectivity index (χ3v) is 7.13. The average Bonchev–Trinajstić information content (AvgIpc) is 2.68. The predicted molar refractivity (Wildman–Crippen MR) is 116 cm³/mol. The molecule has 1 amide bonds. The molecule has 32 heavy (non-hydrogen) atoms. The van der Waals surface area contributed by atoms with Gasteiger partial charge in [-0.1, -0.05) is 19.1 Å². The number of aliphatic hydroxyl groups is 4. The summed E-state index contributed by atoms with van der Waals surface area (Å²) in [5.41, 5.74) is 3.48. The molecule has 9 nitrogen and oxygen atoms in total. The highest BCUT2D eigenvalue weighted by Gasteiger charge is 2.65. The van der Waals surface area contributed by atoms with Crippen molar-refractivity contribution >= 4 is 24.1 Å². The third-order valence-electron chi connectivity index (χ3n) is 7.13. The summed E-state index contributed by atoms with van der Waals surface area (Å²) in [5.74, 6) is -6.16. The number of hydrogen-bond donors (Lipinski definition) is 6. The van der Waals surface area contributed by atoms with Crippen molar-refractivity contribution in [2.75, 3.05) is 14.1 Å². The first-order valence-corrected chi connectivity index (χ1v) is 10.0. The number of ketones is 1. The highest BCUT2D eigenvalue weighted by Crippen LogP contribution is 2.55. The van der Waals surface area contributed by atoms with Gasteiger partial charge in [-0.05, 0) is 37.2 Å². The molecule has 0 saturated heterocycles. The third kappa shape index (κ3) is 2.88. The van der Waals surface area contributed by atoms with Crippen LogP contribution >= 0.6 is 12.4 Å². The molecule has 4 rings (SSSR count). The van der Waals surface area contributed by atoms with Crippen LogP contribution in [-0.4, -0.2) is 74.0 Å². The van der Waals surface area contributed by atoms with Crippen molar-refractivity contribution in [3.63, 3.8) is 0 Å². The number of carbonyl (C=O) groups excluding carboxylic acids is 2. The summed E-state index contributed by atoms with van der Waals surface area (Å²) in [6, 6.07) is 3.79. The second-order valence-corrected chi connectivity index (χ2v) is 8.85. The minimum Gasteiger partial charge on any atom is -0.509 e. The fourth-order valence-electron chi connectivity index (χ4n) is 5.73. The molecule has 0 heterocycles. The number of phenols is 1. The molecule has 0 aromatic heterocycles. The van der Waals surface area contributed by atoms with Gasteiger partial charge in [0, 0.05) is 17.9 Å². The lowest BCUT2D eigenvalue weighted by molar-refractivity contribution is -0.152. The zero-order valence-electron chi connectivity index (χ0n) is 17.8. The van der Waals surface area contributed by atoms with Gasteiger partial charge in [0.25, 0.3) is 5.91 Å². The standard InChI is InChI=1S/C22H26N2O7.ClH/c1-8-9-5-4-6-12(25)10(9)7-11-13(8)17(26)15-16(24(2)3)18(27)14(21(23)30)20(29)22(15,31)19(11)28;/h4-6,8,13,15-17,25-26,28-29,31H,7H2,1-3H3,(H2,23,30);1H. The van der Waals surface area contributed by atoms with Gasteiger partial charge in [-0.2, -0.15) is 0 Å². The molecule has 7 N–H and O–H groups in total. The maximum absolute atomic E-state index is 13.0. The highest BCUT2D eigenvalue weighted by molar-refractivity contribution is 6.22. The second kappa shape index (κ2) is 7.77. The van der Waals surface area contributed by atoms with Crippen molar-refractivity contribution < 1.29 is 35.1 Å². The Morgan fingerprint density at radius 3 is 2.38 bits per heavy atom. The first-order valence-electron chi connectivity index (χ1n) is 10.0. The Labute approximate surface area is 190 Å².